The summed E-state index contributed by atoms with van der Waals surface area (Å²) in [5.41, 5.74) is 0.372. The molecular formula is C12H14LiNO2. The third kappa shape index (κ3) is 2.49. The Bertz CT molecular complexity index is 365. The van der Waals surface area contributed by atoms with Crippen LogP contribution in [0.5, 0.6) is 0 Å². The molecule has 4 heteroatoms. The molecule has 0 aromatic heterocycles. The van der Waals surface area contributed by atoms with Gasteiger partial charge in [-0.2, -0.15) is 0 Å². The van der Waals surface area contributed by atoms with Gasteiger partial charge in [0.2, 0.25) is 0 Å². The van der Waals surface area contributed by atoms with Gasteiger partial charge in [0.05, 0.1) is 12.1 Å². The summed E-state index contributed by atoms with van der Waals surface area (Å²) in [5, 5.41) is 0. The Morgan fingerprint density at radius 3 is 2.75 bits per heavy atom. The van der Waals surface area contributed by atoms with Crippen LogP contribution in [0.15, 0.2) is 24.3 Å². The van der Waals surface area contributed by atoms with Crippen molar-refractivity contribution in [1.29, 1.82) is 0 Å². The standard InChI is InChI=1S/C12H14NO2.Li/c1-12(2)8-15-9-13(12)11(14)10-6-4-3-5-7-10;/h3-6H,8-9H2,1-2H3;/q-1;+1. The number of nitrogens with zero attached hydrogens (tertiary/aromatic N) is 1. The largest absolute Gasteiger partial charge is 1.00 e. The van der Waals surface area contributed by atoms with Crippen molar-refractivity contribution in [2.75, 3.05) is 13.3 Å². The molecule has 1 aliphatic heterocycles. The molecule has 16 heavy (non-hydrogen) atoms. The molecule has 0 N–H and O–H groups in total. The maximum atomic E-state index is 12.1. The van der Waals surface area contributed by atoms with Crippen molar-refractivity contribution in [3.63, 3.8) is 0 Å². The summed E-state index contributed by atoms with van der Waals surface area (Å²) < 4.78 is 5.31. The first-order chi connectivity index (χ1) is 7.11. The molecule has 1 aromatic rings. The van der Waals surface area contributed by atoms with Crippen LogP contribution in [0.1, 0.15) is 24.2 Å². The monoisotopic (exact) mass is 211 g/mol. The second kappa shape index (κ2) is 5.05. The van der Waals surface area contributed by atoms with E-state index in [0.29, 0.717) is 18.9 Å². The van der Waals surface area contributed by atoms with Gasteiger partial charge in [0.25, 0.3) is 0 Å². The zero-order valence-corrected chi connectivity index (χ0v) is 9.99. The van der Waals surface area contributed by atoms with E-state index in [0.717, 1.165) is 0 Å². The second-order valence-electron chi connectivity index (χ2n) is 4.30. The summed E-state index contributed by atoms with van der Waals surface area (Å²) in [6.07, 6.45) is 0. The number of hydrogen-bond donors (Lipinski definition) is 0. The van der Waals surface area contributed by atoms with E-state index < -0.39 is 0 Å². The molecule has 1 heterocycles. The Morgan fingerprint density at radius 1 is 1.50 bits per heavy atom. The molecule has 1 amide bonds. The number of carbonyl (C=O) groups excluding carboxylic acids is 1. The molecule has 0 unspecified atom stereocenters. The Kier molecular flexibility index (Phi) is 4.20. The van der Waals surface area contributed by atoms with Gasteiger partial charge < -0.3 is 14.4 Å². The molecule has 0 radical (unpaired) electrons. The van der Waals surface area contributed by atoms with E-state index in [1.807, 2.05) is 26.0 Å². The maximum absolute atomic E-state index is 12.1. The molecule has 3 nitrogen and oxygen atoms in total. The number of amides is 1. The van der Waals surface area contributed by atoms with Crippen molar-refractivity contribution in [3.8, 4) is 0 Å². The minimum Gasteiger partial charge on any atom is -0.359 e. The summed E-state index contributed by atoms with van der Waals surface area (Å²) >= 11 is 0. The SMILES string of the molecule is CC1(C)COCN1C(=O)c1[c-]cccc1.[Li+]. The van der Waals surface area contributed by atoms with Gasteiger partial charge in [0.1, 0.15) is 6.73 Å². The van der Waals surface area contributed by atoms with Crippen LogP contribution >= 0.6 is 0 Å². The minimum atomic E-state index is -0.221. The molecule has 80 valence electrons. The molecular weight excluding hydrogens is 197 g/mol. The molecule has 2 rings (SSSR count). The van der Waals surface area contributed by atoms with E-state index >= 15 is 0 Å². The fourth-order valence-corrected chi connectivity index (χ4v) is 1.64. The molecule has 0 spiro atoms. The number of benzene rings is 1. The number of hydrogen-bond acceptors (Lipinski definition) is 2. The second-order valence-corrected chi connectivity index (χ2v) is 4.30. The van der Waals surface area contributed by atoms with Crippen molar-refractivity contribution in [2.24, 2.45) is 0 Å². The fourth-order valence-electron chi connectivity index (χ4n) is 1.64. The van der Waals surface area contributed by atoms with Crippen LogP contribution in [0, 0.1) is 6.07 Å². The zero-order valence-electron chi connectivity index (χ0n) is 9.99. The van der Waals surface area contributed by atoms with Gasteiger partial charge in [0, 0.05) is 0 Å². The van der Waals surface area contributed by atoms with E-state index in [1.165, 1.54) is 0 Å². The Morgan fingerprint density at radius 2 is 2.25 bits per heavy atom. The zero-order chi connectivity index (χ0) is 10.9. The van der Waals surface area contributed by atoms with Crippen LogP contribution < -0.4 is 18.9 Å². The predicted molar refractivity (Wildman–Crippen MR) is 56.3 cm³/mol. The van der Waals surface area contributed by atoms with E-state index in [1.54, 1.807) is 17.0 Å². The first-order valence-electron chi connectivity index (χ1n) is 4.98. The smallest absolute Gasteiger partial charge is 0.359 e. The molecule has 1 aliphatic rings. The fraction of sp³-hybridized carbons (Fsp3) is 0.417. The molecule has 1 saturated heterocycles. The van der Waals surface area contributed by atoms with Gasteiger partial charge >= 0.3 is 18.9 Å². The first-order valence-corrected chi connectivity index (χ1v) is 4.98. The molecule has 1 fully saturated rings. The number of rotatable bonds is 1. The van der Waals surface area contributed by atoms with Crippen LogP contribution in [-0.4, -0.2) is 29.7 Å². The van der Waals surface area contributed by atoms with Crippen LogP contribution in [-0.2, 0) is 4.74 Å². The molecule has 0 bridgehead atoms. The van der Waals surface area contributed by atoms with Crippen molar-refractivity contribution < 1.29 is 28.4 Å². The average molecular weight is 211 g/mol. The van der Waals surface area contributed by atoms with Crippen molar-refractivity contribution in [2.45, 2.75) is 19.4 Å². The summed E-state index contributed by atoms with van der Waals surface area (Å²) in [5.74, 6) is -0.0156. The predicted octanol–water partition coefficient (Wildman–Crippen LogP) is -1.30. The van der Waals surface area contributed by atoms with Gasteiger partial charge in [0.15, 0.2) is 5.91 Å². The minimum absolute atomic E-state index is 0. The first kappa shape index (κ1) is 13.3. The Labute approximate surface area is 108 Å². The van der Waals surface area contributed by atoms with E-state index in [4.69, 9.17) is 4.74 Å². The summed E-state index contributed by atoms with van der Waals surface area (Å²) in [6, 6.07) is 10.1. The van der Waals surface area contributed by atoms with Crippen molar-refractivity contribution >= 4 is 5.91 Å². The van der Waals surface area contributed by atoms with Crippen LogP contribution in [0.4, 0.5) is 0 Å². The molecule has 0 aliphatic carbocycles. The van der Waals surface area contributed by atoms with E-state index in [-0.39, 0.29) is 30.3 Å². The van der Waals surface area contributed by atoms with E-state index in [2.05, 4.69) is 6.07 Å². The van der Waals surface area contributed by atoms with Gasteiger partial charge in [-0.05, 0) is 13.8 Å². The van der Waals surface area contributed by atoms with Gasteiger partial charge in [-0.3, -0.25) is 0 Å². The summed E-state index contributed by atoms with van der Waals surface area (Å²) in [7, 11) is 0. The maximum Gasteiger partial charge on any atom is 1.00 e. The summed E-state index contributed by atoms with van der Waals surface area (Å²) in [4.78, 5) is 13.8. The Balaban J connectivity index is 0.00000128. The topological polar surface area (TPSA) is 29.5 Å². The Hall–Kier alpha value is -0.753. The van der Waals surface area contributed by atoms with Crippen LogP contribution in [0.2, 0.25) is 0 Å². The quantitative estimate of drug-likeness (QED) is 0.427. The summed E-state index contributed by atoms with van der Waals surface area (Å²) in [6.45, 7) is 4.96. The molecule has 0 atom stereocenters. The van der Waals surface area contributed by atoms with Crippen molar-refractivity contribution in [1.82, 2.24) is 4.90 Å². The van der Waals surface area contributed by atoms with E-state index in [9.17, 15) is 4.79 Å². The molecule has 1 aromatic carbocycles. The number of carbonyl (C=O) groups is 1. The van der Waals surface area contributed by atoms with Gasteiger partial charge in [-0.15, -0.1) is 30.3 Å². The molecule has 0 saturated carbocycles. The average Bonchev–Trinajstić information content (AvgIpc) is 2.58. The third-order valence-corrected chi connectivity index (χ3v) is 2.59. The third-order valence-electron chi connectivity index (χ3n) is 2.59. The van der Waals surface area contributed by atoms with Crippen LogP contribution in [0.25, 0.3) is 0 Å². The van der Waals surface area contributed by atoms with Gasteiger partial charge in [-0.25, -0.2) is 0 Å². The van der Waals surface area contributed by atoms with Crippen molar-refractivity contribution in [3.05, 3.63) is 35.9 Å². The van der Waals surface area contributed by atoms with Crippen LogP contribution in [0.3, 0.4) is 0 Å². The normalized spacial score (nSPS) is 18.0. The van der Waals surface area contributed by atoms with Gasteiger partial charge in [-0.1, -0.05) is 5.56 Å². The number of ether oxygens (including phenoxy) is 1.